The van der Waals surface area contributed by atoms with Gasteiger partial charge in [0.25, 0.3) is 5.56 Å². The maximum Gasteiger partial charge on any atom is 0.273 e. The molecule has 0 bridgehead atoms. The van der Waals surface area contributed by atoms with E-state index in [2.05, 4.69) is 20.1 Å². The molecular formula is C27H32FN5O5. The second-order valence-corrected chi connectivity index (χ2v) is 8.70. The van der Waals surface area contributed by atoms with Crippen LogP contribution in [0.3, 0.4) is 0 Å². The molecule has 1 saturated heterocycles. The molecule has 38 heavy (non-hydrogen) atoms. The van der Waals surface area contributed by atoms with Crippen LogP contribution < -0.4 is 19.9 Å². The monoisotopic (exact) mass is 525 g/mol. The van der Waals surface area contributed by atoms with Gasteiger partial charge < -0.3 is 29.0 Å². The van der Waals surface area contributed by atoms with Crippen LogP contribution in [0.25, 0.3) is 11.4 Å². The third kappa shape index (κ3) is 6.86. The molecule has 10 nitrogen and oxygen atoms in total. The molecule has 2 aromatic carbocycles. The number of aromatic nitrogens is 3. The van der Waals surface area contributed by atoms with E-state index in [1.54, 1.807) is 35.2 Å². The van der Waals surface area contributed by atoms with Crippen molar-refractivity contribution in [1.29, 1.82) is 0 Å². The van der Waals surface area contributed by atoms with Crippen molar-refractivity contribution in [3.8, 4) is 22.9 Å². The number of aromatic amines is 1. The van der Waals surface area contributed by atoms with Gasteiger partial charge in [0.2, 0.25) is 5.91 Å². The lowest BCUT2D eigenvalue weighted by Crippen LogP contribution is -2.48. The second kappa shape index (κ2) is 13.0. The Hall–Kier alpha value is -3.99. The third-order valence-electron chi connectivity index (χ3n) is 6.29. The average Bonchev–Trinajstić information content (AvgIpc) is 2.95. The van der Waals surface area contributed by atoms with Crippen molar-refractivity contribution in [1.82, 2.24) is 20.1 Å². The zero-order chi connectivity index (χ0) is 26.9. The molecule has 0 unspecified atom stereocenters. The van der Waals surface area contributed by atoms with E-state index < -0.39 is 0 Å². The van der Waals surface area contributed by atoms with Crippen molar-refractivity contribution < 1.29 is 23.4 Å². The molecule has 3 aromatic rings. The molecule has 0 atom stereocenters. The minimum Gasteiger partial charge on any atom is -0.493 e. The molecule has 202 valence electrons. The molecule has 1 aliphatic rings. The van der Waals surface area contributed by atoms with Crippen molar-refractivity contribution in [3.63, 3.8) is 0 Å². The van der Waals surface area contributed by atoms with Crippen LogP contribution in [0.1, 0.15) is 19.0 Å². The molecule has 0 saturated carbocycles. The van der Waals surface area contributed by atoms with Crippen LogP contribution in [0.4, 0.5) is 10.1 Å². The van der Waals surface area contributed by atoms with Gasteiger partial charge in [-0.1, -0.05) is 0 Å². The number of anilines is 1. The molecule has 1 aromatic heterocycles. The number of H-pyrrole nitrogens is 1. The van der Waals surface area contributed by atoms with Gasteiger partial charge in [-0.05, 0) is 49.4 Å². The largest absolute Gasteiger partial charge is 0.493 e. The first kappa shape index (κ1) is 27.1. The molecule has 0 aliphatic carbocycles. The van der Waals surface area contributed by atoms with Crippen molar-refractivity contribution >= 4 is 11.6 Å². The predicted octanol–water partition coefficient (Wildman–Crippen LogP) is 2.68. The first-order chi connectivity index (χ1) is 18.5. The number of aryl methyl sites for hydroxylation is 1. The number of hydrogen-bond acceptors (Lipinski definition) is 8. The standard InChI is InChI=1S/C27H32FN5O5/c1-3-37-16-17-38-23-10-4-19(18-24(23)36-2)26-29-27(35)22(30-31-26)9-11-25(34)33-14-12-32(13-15-33)21-7-5-20(28)6-8-21/h4-8,10,18H,3,9,11-17H2,1-2H3,(H,29,31,35). The number of carbonyl (C=O) groups excluding carboxylic acids is 1. The Morgan fingerprint density at radius 3 is 2.47 bits per heavy atom. The fourth-order valence-electron chi connectivity index (χ4n) is 4.19. The van der Waals surface area contributed by atoms with Crippen molar-refractivity contribution in [2.75, 3.05) is 58.0 Å². The number of hydrogen-bond donors (Lipinski definition) is 1. The minimum absolute atomic E-state index is 0.0429. The van der Waals surface area contributed by atoms with Gasteiger partial charge in [-0.3, -0.25) is 9.59 Å². The normalized spacial score (nSPS) is 13.4. The van der Waals surface area contributed by atoms with E-state index in [0.29, 0.717) is 68.9 Å². The third-order valence-corrected chi connectivity index (χ3v) is 6.29. The number of ether oxygens (including phenoxy) is 3. The van der Waals surface area contributed by atoms with E-state index in [0.717, 1.165) is 5.69 Å². The second-order valence-electron chi connectivity index (χ2n) is 8.70. The van der Waals surface area contributed by atoms with Gasteiger partial charge in [-0.25, -0.2) is 4.39 Å². The number of rotatable bonds is 11. The summed E-state index contributed by atoms with van der Waals surface area (Å²) in [6.07, 6.45) is 0.352. The van der Waals surface area contributed by atoms with Gasteiger partial charge >= 0.3 is 0 Å². The van der Waals surface area contributed by atoms with Gasteiger partial charge in [-0.2, -0.15) is 0 Å². The van der Waals surface area contributed by atoms with Gasteiger partial charge in [0.15, 0.2) is 17.3 Å². The highest BCUT2D eigenvalue weighted by Gasteiger charge is 2.22. The smallest absolute Gasteiger partial charge is 0.273 e. The molecule has 0 radical (unpaired) electrons. The van der Waals surface area contributed by atoms with E-state index in [1.807, 2.05) is 6.92 Å². The molecule has 1 fully saturated rings. The number of amides is 1. The first-order valence-corrected chi connectivity index (χ1v) is 12.6. The molecular weight excluding hydrogens is 493 g/mol. The Kier molecular flexibility index (Phi) is 9.26. The SMILES string of the molecule is CCOCCOc1ccc(-c2nnc(CCC(=O)N3CCN(c4ccc(F)cc4)CC3)c(=O)[nH]2)cc1OC. The van der Waals surface area contributed by atoms with E-state index in [1.165, 1.54) is 19.2 Å². The Balaban J connectivity index is 1.31. The fourth-order valence-corrected chi connectivity index (χ4v) is 4.19. The average molecular weight is 526 g/mol. The number of carbonyl (C=O) groups is 1. The summed E-state index contributed by atoms with van der Waals surface area (Å²) in [6.45, 7) is 5.83. The summed E-state index contributed by atoms with van der Waals surface area (Å²) in [5, 5.41) is 8.25. The molecule has 2 heterocycles. The molecule has 0 spiro atoms. The summed E-state index contributed by atoms with van der Waals surface area (Å²) in [4.78, 5) is 32.0. The van der Waals surface area contributed by atoms with Crippen LogP contribution in [0.5, 0.6) is 11.5 Å². The van der Waals surface area contributed by atoms with Crippen LogP contribution in [0.2, 0.25) is 0 Å². The number of piperazine rings is 1. The zero-order valence-electron chi connectivity index (χ0n) is 21.6. The number of benzene rings is 2. The van der Waals surface area contributed by atoms with Crippen LogP contribution in [-0.2, 0) is 16.0 Å². The maximum atomic E-state index is 13.2. The van der Waals surface area contributed by atoms with E-state index >= 15 is 0 Å². The molecule has 1 aliphatic heterocycles. The van der Waals surface area contributed by atoms with E-state index in [9.17, 15) is 14.0 Å². The van der Waals surface area contributed by atoms with E-state index in [4.69, 9.17) is 14.2 Å². The topological polar surface area (TPSA) is 110 Å². The van der Waals surface area contributed by atoms with Gasteiger partial charge in [0, 0.05) is 56.9 Å². The van der Waals surface area contributed by atoms with E-state index in [-0.39, 0.29) is 35.8 Å². The first-order valence-electron chi connectivity index (χ1n) is 12.6. The highest BCUT2D eigenvalue weighted by Crippen LogP contribution is 2.31. The zero-order valence-corrected chi connectivity index (χ0v) is 21.6. The number of halogens is 1. The highest BCUT2D eigenvalue weighted by atomic mass is 19.1. The van der Waals surface area contributed by atoms with Crippen molar-refractivity contribution in [3.05, 3.63) is 64.3 Å². The van der Waals surface area contributed by atoms with Crippen LogP contribution in [0.15, 0.2) is 47.3 Å². The summed E-state index contributed by atoms with van der Waals surface area (Å²) < 4.78 is 29.5. The van der Waals surface area contributed by atoms with Crippen LogP contribution >= 0.6 is 0 Å². The maximum absolute atomic E-state index is 13.2. The number of methoxy groups -OCH3 is 1. The summed E-state index contributed by atoms with van der Waals surface area (Å²) in [7, 11) is 1.53. The number of nitrogens with one attached hydrogen (secondary N) is 1. The molecule has 11 heteroatoms. The van der Waals surface area contributed by atoms with Crippen LogP contribution in [-0.4, -0.2) is 79.1 Å². The lowest BCUT2D eigenvalue weighted by molar-refractivity contribution is -0.131. The van der Waals surface area contributed by atoms with Gasteiger partial charge in [0.05, 0.1) is 13.7 Å². The summed E-state index contributed by atoms with van der Waals surface area (Å²) in [5.41, 5.74) is 1.36. The van der Waals surface area contributed by atoms with Crippen molar-refractivity contribution in [2.45, 2.75) is 19.8 Å². The summed E-state index contributed by atoms with van der Waals surface area (Å²) in [6, 6.07) is 11.6. The lowest BCUT2D eigenvalue weighted by Gasteiger charge is -2.36. The Morgan fingerprint density at radius 2 is 1.79 bits per heavy atom. The van der Waals surface area contributed by atoms with Crippen molar-refractivity contribution in [2.24, 2.45) is 0 Å². The predicted molar refractivity (Wildman–Crippen MR) is 140 cm³/mol. The highest BCUT2D eigenvalue weighted by molar-refractivity contribution is 5.76. The van der Waals surface area contributed by atoms with Gasteiger partial charge in [0.1, 0.15) is 18.1 Å². The summed E-state index contributed by atoms with van der Waals surface area (Å²) in [5.74, 6) is 1.03. The lowest BCUT2D eigenvalue weighted by atomic mass is 10.1. The number of nitrogens with zero attached hydrogens (tertiary/aromatic N) is 4. The molecule has 1 amide bonds. The Morgan fingerprint density at radius 1 is 1.03 bits per heavy atom. The fraction of sp³-hybridized carbons (Fsp3) is 0.407. The molecule has 4 rings (SSSR count). The molecule has 1 N–H and O–H groups in total. The van der Waals surface area contributed by atoms with Gasteiger partial charge in [-0.15, -0.1) is 10.2 Å². The summed E-state index contributed by atoms with van der Waals surface area (Å²) >= 11 is 0. The Labute approximate surface area is 220 Å². The Bertz CT molecular complexity index is 1280. The quantitative estimate of drug-likeness (QED) is 0.381. The minimum atomic E-state index is -0.389. The van der Waals surface area contributed by atoms with Crippen LogP contribution in [0, 0.1) is 5.82 Å².